The lowest BCUT2D eigenvalue weighted by atomic mass is 10.2. The van der Waals surface area contributed by atoms with E-state index >= 15 is 0 Å². The van der Waals surface area contributed by atoms with Gasteiger partial charge in [-0.05, 0) is 19.1 Å². The third-order valence-electron chi connectivity index (χ3n) is 2.90. The van der Waals surface area contributed by atoms with Crippen LogP contribution in [0, 0.1) is 0 Å². The first-order valence-electron chi connectivity index (χ1n) is 6.34. The smallest absolute Gasteiger partial charge is 0.417 e. The van der Waals surface area contributed by atoms with Crippen LogP contribution >= 0.6 is 0 Å². The first-order chi connectivity index (χ1) is 11.3. The van der Waals surface area contributed by atoms with Crippen LogP contribution in [0.1, 0.15) is 12.5 Å². The monoisotopic (exact) mass is 401 g/mol. The van der Waals surface area contributed by atoms with Gasteiger partial charge in [-0.25, -0.2) is 18.4 Å². The highest BCUT2D eigenvalue weighted by Gasteiger charge is 2.40. The van der Waals surface area contributed by atoms with Crippen LogP contribution in [-0.4, -0.2) is 35.2 Å². The number of primary sulfonamides is 1. The van der Waals surface area contributed by atoms with Crippen LogP contribution in [0.5, 0.6) is 0 Å². The average molecular weight is 401 g/mol. The van der Waals surface area contributed by atoms with Crippen molar-refractivity contribution in [3.8, 4) is 0 Å². The van der Waals surface area contributed by atoms with Crippen LogP contribution in [0.2, 0.25) is 0 Å². The van der Waals surface area contributed by atoms with Crippen LogP contribution < -0.4 is 10.5 Å². The van der Waals surface area contributed by atoms with Gasteiger partial charge in [0, 0.05) is 0 Å². The summed E-state index contributed by atoms with van der Waals surface area (Å²) in [5, 5.41) is 6.83. The molecule has 1 aromatic rings. The number of esters is 1. The molecule has 1 aliphatic heterocycles. The van der Waals surface area contributed by atoms with Crippen molar-refractivity contribution in [3.63, 3.8) is 0 Å². The molecule has 3 N–H and O–H groups in total. The predicted octanol–water partition coefficient (Wildman–Crippen LogP) is 0.429. The minimum absolute atomic E-state index is 0.134. The topological polar surface area (TPSA) is 145 Å². The number of sulfonamides is 2. The normalized spacial score (nSPS) is 16.4. The number of amidine groups is 1. The number of alkyl halides is 3. The molecule has 1 aliphatic rings. The van der Waals surface area contributed by atoms with Gasteiger partial charge in [0.05, 0.1) is 22.8 Å². The lowest BCUT2D eigenvalue weighted by Crippen LogP contribution is -2.31. The zero-order valence-corrected chi connectivity index (χ0v) is 13.9. The van der Waals surface area contributed by atoms with E-state index in [4.69, 9.17) is 5.14 Å². The van der Waals surface area contributed by atoms with E-state index in [9.17, 15) is 34.8 Å². The molecule has 138 valence electrons. The number of nitrogens with zero attached hydrogens (tertiary/aromatic N) is 1. The second-order valence-electron chi connectivity index (χ2n) is 4.65. The molecule has 25 heavy (non-hydrogen) atoms. The van der Waals surface area contributed by atoms with Gasteiger partial charge in [-0.2, -0.15) is 21.6 Å². The average Bonchev–Trinajstić information content (AvgIpc) is 2.43. The van der Waals surface area contributed by atoms with Gasteiger partial charge < -0.3 is 10.1 Å². The molecule has 0 atom stereocenters. The van der Waals surface area contributed by atoms with E-state index in [1.54, 1.807) is 0 Å². The van der Waals surface area contributed by atoms with E-state index in [-0.39, 0.29) is 18.7 Å². The number of fused-ring (bicyclic) bond motifs is 1. The minimum atomic E-state index is -5.15. The number of anilines is 1. The summed E-state index contributed by atoms with van der Waals surface area (Å²) in [4.78, 5) is 9.28. The molecular weight excluding hydrogens is 391 g/mol. The van der Waals surface area contributed by atoms with Gasteiger partial charge in [-0.15, -0.1) is 4.40 Å². The maximum atomic E-state index is 13.1. The van der Waals surface area contributed by atoms with Crippen molar-refractivity contribution in [2.24, 2.45) is 9.54 Å². The lowest BCUT2D eigenvalue weighted by Gasteiger charge is -2.20. The summed E-state index contributed by atoms with van der Waals surface area (Å²) in [5.74, 6) is -2.06. The number of rotatable bonds is 3. The van der Waals surface area contributed by atoms with E-state index in [1.165, 1.54) is 6.92 Å². The molecule has 0 fully saturated rings. The molecule has 9 nitrogen and oxygen atoms in total. The number of nitrogens with two attached hydrogens (primary N) is 1. The fraction of sp³-hybridized carbons (Fsp3) is 0.273. The van der Waals surface area contributed by atoms with Crippen LogP contribution in [0.25, 0.3) is 0 Å². The molecule has 0 bridgehead atoms. The van der Waals surface area contributed by atoms with Crippen molar-refractivity contribution < 1.29 is 39.5 Å². The van der Waals surface area contributed by atoms with Gasteiger partial charge >= 0.3 is 12.1 Å². The number of ether oxygens (including phenoxy) is 1. The fourth-order valence-electron chi connectivity index (χ4n) is 1.94. The van der Waals surface area contributed by atoms with Gasteiger partial charge in [0.2, 0.25) is 15.9 Å². The highest BCUT2D eigenvalue weighted by molar-refractivity contribution is 7.91. The Balaban J connectivity index is 2.75. The molecule has 0 saturated heterocycles. The molecular formula is C11H10F3N3O6S2. The quantitative estimate of drug-likeness (QED) is 0.699. The van der Waals surface area contributed by atoms with E-state index < -0.39 is 59.1 Å². The standard InChI is InChI=1S/C11H10F3N3O6S2/c1-2-23-10(18)9-16-6-3-5(11(12,13)14)7(24(15,19)20)4-8(6)25(21,22)17-9/h3-4H,2H2,1H3,(H,16,17)(H2,15,19,20). The zero-order chi connectivity index (χ0) is 19.2. The number of halogens is 3. The Morgan fingerprint density at radius 3 is 2.44 bits per heavy atom. The van der Waals surface area contributed by atoms with Gasteiger partial charge in [-0.1, -0.05) is 0 Å². The first kappa shape index (κ1) is 19.1. The highest BCUT2D eigenvalue weighted by atomic mass is 32.2. The molecule has 0 amide bonds. The van der Waals surface area contributed by atoms with Gasteiger partial charge in [0.25, 0.3) is 10.0 Å². The summed E-state index contributed by atoms with van der Waals surface area (Å²) in [6.07, 6.45) is -5.15. The Morgan fingerprint density at radius 2 is 1.96 bits per heavy atom. The zero-order valence-electron chi connectivity index (χ0n) is 12.3. The van der Waals surface area contributed by atoms with Gasteiger partial charge in [0.15, 0.2) is 0 Å². The van der Waals surface area contributed by atoms with Crippen molar-refractivity contribution in [3.05, 3.63) is 17.7 Å². The molecule has 0 aliphatic carbocycles. The number of carbonyl (C=O) groups is 1. The van der Waals surface area contributed by atoms with Crippen LogP contribution in [0.4, 0.5) is 18.9 Å². The van der Waals surface area contributed by atoms with Crippen molar-refractivity contribution in [2.45, 2.75) is 22.9 Å². The van der Waals surface area contributed by atoms with Crippen molar-refractivity contribution in [1.82, 2.24) is 0 Å². The fourth-order valence-corrected chi connectivity index (χ4v) is 3.89. The second-order valence-corrected chi connectivity index (χ2v) is 7.75. The maximum Gasteiger partial charge on any atom is 0.417 e. The largest absolute Gasteiger partial charge is 0.460 e. The Labute approximate surface area is 139 Å². The van der Waals surface area contributed by atoms with E-state index in [0.717, 1.165) is 0 Å². The summed E-state index contributed by atoms with van der Waals surface area (Å²) in [5.41, 5.74) is -2.38. The van der Waals surface area contributed by atoms with E-state index in [1.807, 2.05) is 0 Å². The molecule has 0 spiro atoms. The molecule has 0 aromatic heterocycles. The molecule has 0 unspecified atom stereocenters. The summed E-state index contributed by atoms with van der Waals surface area (Å²) >= 11 is 0. The molecule has 1 aromatic carbocycles. The summed E-state index contributed by atoms with van der Waals surface area (Å²) in [6, 6.07) is 0.460. The van der Waals surface area contributed by atoms with Crippen molar-refractivity contribution >= 4 is 37.5 Å². The van der Waals surface area contributed by atoms with Crippen molar-refractivity contribution in [1.29, 1.82) is 0 Å². The Hall–Kier alpha value is -2.19. The maximum absolute atomic E-state index is 13.1. The third-order valence-corrected chi connectivity index (χ3v) is 5.17. The van der Waals surface area contributed by atoms with Crippen LogP contribution in [0.15, 0.2) is 26.3 Å². The first-order valence-corrected chi connectivity index (χ1v) is 9.33. The number of carbonyl (C=O) groups excluding carboxylic acids is 1. The van der Waals surface area contributed by atoms with Gasteiger partial charge in [-0.3, -0.25) is 0 Å². The Morgan fingerprint density at radius 1 is 1.36 bits per heavy atom. The molecule has 14 heteroatoms. The molecule has 1 heterocycles. The summed E-state index contributed by atoms with van der Waals surface area (Å²) in [7, 11) is -9.55. The minimum Gasteiger partial charge on any atom is -0.460 e. The molecule has 0 saturated carbocycles. The van der Waals surface area contributed by atoms with Crippen LogP contribution in [0.3, 0.4) is 0 Å². The number of hydrogen-bond donors (Lipinski definition) is 2. The lowest BCUT2D eigenvalue weighted by molar-refractivity contribution is -0.140. The Kier molecular flexibility index (Phi) is 4.56. The number of nitrogens with one attached hydrogen (secondary N) is 1. The van der Waals surface area contributed by atoms with Crippen LogP contribution in [-0.2, 0) is 35.8 Å². The third kappa shape index (κ3) is 3.74. The molecule has 2 rings (SSSR count). The second kappa shape index (κ2) is 5.96. The van der Waals surface area contributed by atoms with Gasteiger partial charge in [0.1, 0.15) is 4.90 Å². The molecule has 0 radical (unpaired) electrons. The van der Waals surface area contributed by atoms with E-state index in [0.29, 0.717) is 0 Å². The number of benzene rings is 1. The van der Waals surface area contributed by atoms with E-state index in [2.05, 4.69) is 14.5 Å². The predicted molar refractivity (Wildman–Crippen MR) is 77.7 cm³/mol. The summed E-state index contributed by atoms with van der Waals surface area (Å²) in [6.45, 7) is 1.29. The van der Waals surface area contributed by atoms with Crippen molar-refractivity contribution in [2.75, 3.05) is 11.9 Å². The Bertz CT molecular complexity index is 983. The summed E-state index contributed by atoms with van der Waals surface area (Å²) < 4.78 is 93.9. The SMILES string of the molecule is CCOC(=O)C1=NS(=O)(=O)c2cc(S(N)(=O)=O)c(C(F)(F)F)cc2N1. The highest BCUT2D eigenvalue weighted by Crippen LogP contribution is 2.39. The number of hydrogen-bond acceptors (Lipinski definition) is 7.